The van der Waals surface area contributed by atoms with Crippen molar-refractivity contribution < 1.29 is 49.6 Å². The van der Waals surface area contributed by atoms with Gasteiger partial charge < -0.3 is 49.6 Å². The topological polar surface area (TPSA) is 158 Å². The van der Waals surface area contributed by atoms with Crippen LogP contribution >= 0.6 is 0 Å². The molecule has 104 heavy (non-hydrogen) atoms. The molecule has 10 heteroatoms. The minimum absolute atomic E-state index is 0.106. The number of ether oxygens (including phenoxy) is 4. The van der Waals surface area contributed by atoms with Crippen molar-refractivity contribution in [1.82, 2.24) is 0 Å². The minimum atomic E-state index is -0.356. The van der Waals surface area contributed by atoms with Gasteiger partial charge in [0.1, 0.15) is 59.2 Å². The van der Waals surface area contributed by atoms with E-state index in [2.05, 4.69) is 263 Å². The molecule has 0 radical (unpaired) electrons. The molecule has 0 fully saturated rings. The van der Waals surface area contributed by atoms with E-state index in [9.17, 15) is 30.6 Å². The second-order valence-corrected chi connectivity index (χ2v) is 38.4. The number of phenols is 6. The normalized spacial score (nSPS) is 15.3. The fourth-order valence-corrected chi connectivity index (χ4v) is 14.4. The number of benzene rings is 8. The van der Waals surface area contributed by atoms with Crippen LogP contribution in [0.2, 0.25) is 0 Å². The van der Waals surface area contributed by atoms with Crippen LogP contribution in [0.1, 0.15) is 300 Å². The zero-order valence-electron chi connectivity index (χ0n) is 67.5. The molecular formula is C94H122O10. The number of hydrogen-bond acceptors (Lipinski definition) is 10. The molecule has 8 aromatic rings. The number of rotatable bonds is 0. The molecule has 0 unspecified atom stereocenters. The third-order valence-electron chi connectivity index (χ3n) is 21.4. The molecule has 0 amide bonds. The molecule has 6 N–H and O–H groups in total. The summed E-state index contributed by atoms with van der Waals surface area (Å²) in [6, 6.07) is 34.0. The van der Waals surface area contributed by atoms with E-state index in [1.165, 1.54) is 0 Å². The Labute approximate surface area is 623 Å². The molecule has 2 heterocycles. The first-order valence-electron chi connectivity index (χ1n) is 37.9. The van der Waals surface area contributed by atoms with Crippen LogP contribution in [0.5, 0.6) is 46.0 Å². The van der Waals surface area contributed by atoms with E-state index >= 15 is 0 Å². The first-order valence-corrected chi connectivity index (χ1v) is 37.9. The van der Waals surface area contributed by atoms with Gasteiger partial charge in [-0.3, -0.25) is 0 Å². The molecule has 0 saturated heterocycles. The average molecular weight is 1410 g/mol. The van der Waals surface area contributed by atoms with Crippen LogP contribution < -0.4 is 9.47 Å². The number of hydrogen-bond donors (Lipinski definition) is 6. The highest BCUT2D eigenvalue weighted by molar-refractivity contribution is 5.62. The zero-order valence-corrected chi connectivity index (χ0v) is 67.5. The predicted molar refractivity (Wildman–Crippen MR) is 426 cm³/mol. The zero-order chi connectivity index (χ0) is 76.5. The summed E-state index contributed by atoms with van der Waals surface area (Å²) in [5.41, 5.74) is 16.9. The third-order valence-corrected chi connectivity index (χ3v) is 21.4. The smallest absolute Gasteiger partial charge is 0.126 e. The van der Waals surface area contributed by atoms with Gasteiger partial charge in [-0.25, -0.2) is 0 Å². The first kappa shape index (κ1) is 78.7. The molecule has 10 nitrogen and oxygen atoms in total. The van der Waals surface area contributed by atoms with Crippen LogP contribution in [-0.4, -0.2) is 70.3 Å². The summed E-state index contributed by atoms with van der Waals surface area (Å²) in [7, 11) is 0. The van der Waals surface area contributed by atoms with Gasteiger partial charge in [-0.2, -0.15) is 0 Å². The third kappa shape index (κ3) is 18.0. The lowest BCUT2D eigenvalue weighted by atomic mass is 9.79. The van der Waals surface area contributed by atoms with Gasteiger partial charge in [-0.1, -0.05) is 263 Å². The van der Waals surface area contributed by atoms with E-state index in [4.69, 9.17) is 18.9 Å². The molecule has 10 rings (SSSR count). The van der Waals surface area contributed by atoms with Crippen LogP contribution in [0.4, 0.5) is 0 Å². The fourth-order valence-electron chi connectivity index (χ4n) is 14.4. The van der Waals surface area contributed by atoms with Crippen molar-refractivity contribution in [3.63, 3.8) is 0 Å². The summed E-state index contributed by atoms with van der Waals surface area (Å²) >= 11 is 0. The SMILES string of the molecule is CC(C)(C)c1cc2c(O)c(c1)Cc1cc(C(C)(C)C)cc(c1O)Cc1cc(C(C)(C)C)cc3c1OCCOCCOCCOc1c(cc(C(C)(C)C)cc1Cc1cc(C(C)(C)C)cc(c1O)Cc1cc(C(C)(C)C)cc(c1O)Cc1cc(C(C)(C)C)cc(c1O)C3)Cc1cc(C(C)(C)C)cc(c1O)C2. The molecule has 8 aromatic carbocycles. The molecule has 0 aromatic heterocycles. The maximum Gasteiger partial charge on any atom is 0.126 e. The molecule has 0 atom stereocenters. The highest BCUT2D eigenvalue weighted by Gasteiger charge is 2.32. The van der Waals surface area contributed by atoms with Crippen LogP contribution in [0, 0.1) is 0 Å². The second-order valence-electron chi connectivity index (χ2n) is 38.4. The lowest BCUT2D eigenvalue weighted by Crippen LogP contribution is -2.17. The second kappa shape index (κ2) is 29.1. The Morgan fingerprint density at radius 2 is 0.298 bits per heavy atom. The van der Waals surface area contributed by atoms with Gasteiger partial charge >= 0.3 is 0 Å². The summed E-state index contributed by atoms with van der Waals surface area (Å²) in [4.78, 5) is 0. The van der Waals surface area contributed by atoms with Crippen molar-refractivity contribution in [2.24, 2.45) is 0 Å². The summed E-state index contributed by atoms with van der Waals surface area (Å²) in [5, 5.41) is 78.6. The van der Waals surface area contributed by atoms with Crippen LogP contribution in [0.25, 0.3) is 0 Å². The van der Waals surface area contributed by atoms with Crippen molar-refractivity contribution >= 4 is 0 Å². The van der Waals surface area contributed by atoms with Gasteiger partial charge in [0.2, 0.25) is 0 Å². The van der Waals surface area contributed by atoms with Gasteiger partial charge in [0, 0.05) is 51.4 Å². The van der Waals surface area contributed by atoms with E-state index in [-0.39, 0.29) is 169 Å². The van der Waals surface area contributed by atoms with Gasteiger partial charge in [0.25, 0.3) is 0 Å². The highest BCUT2D eigenvalue weighted by Crippen LogP contribution is 2.47. The number of phenolic OH excluding ortho intramolecular Hbond substituents is 6. The molecule has 2 aliphatic heterocycles. The van der Waals surface area contributed by atoms with Crippen molar-refractivity contribution in [3.8, 4) is 46.0 Å². The Bertz CT molecular complexity index is 4000. The average Bonchev–Trinajstić information content (AvgIpc) is 0.778. The van der Waals surface area contributed by atoms with Crippen molar-refractivity contribution in [1.29, 1.82) is 0 Å². The molecular weight excluding hydrogens is 1290 g/mol. The Kier molecular flexibility index (Phi) is 22.0. The van der Waals surface area contributed by atoms with Gasteiger partial charge in [-0.15, -0.1) is 0 Å². The van der Waals surface area contributed by atoms with Crippen LogP contribution in [0.3, 0.4) is 0 Å². The van der Waals surface area contributed by atoms with Crippen molar-refractivity contribution in [3.05, 3.63) is 231 Å². The van der Waals surface area contributed by atoms with Crippen molar-refractivity contribution in [2.75, 3.05) is 39.6 Å². The molecule has 14 bridgehead atoms. The van der Waals surface area contributed by atoms with E-state index in [1.54, 1.807) is 0 Å². The Hall–Kier alpha value is -7.92. The Balaban J connectivity index is 1.32. The Morgan fingerprint density at radius 3 is 0.433 bits per heavy atom. The highest BCUT2D eigenvalue weighted by atomic mass is 16.6. The first-order chi connectivity index (χ1) is 48.0. The summed E-state index contributed by atoms with van der Waals surface area (Å²) in [6.07, 6.45) is 1.97. The largest absolute Gasteiger partial charge is 0.507 e. The van der Waals surface area contributed by atoms with Gasteiger partial charge in [0.15, 0.2) is 0 Å². The number of aromatic hydroxyl groups is 6. The summed E-state index contributed by atoms with van der Waals surface area (Å²) < 4.78 is 27.0. The molecule has 0 saturated carbocycles. The lowest BCUT2D eigenvalue weighted by Gasteiger charge is -2.27. The van der Waals surface area contributed by atoms with Crippen molar-refractivity contribution in [2.45, 2.75) is 261 Å². The van der Waals surface area contributed by atoms with E-state index in [0.29, 0.717) is 78.3 Å². The van der Waals surface area contributed by atoms with Gasteiger partial charge in [-0.05, 0) is 177 Å². The Morgan fingerprint density at radius 1 is 0.183 bits per heavy atom. The van der Waals surface area contributed by atoms with Crippen LogP contribution in [-0.2, 0) is 104 Å². The molecule has 0 aliphatic carbocycles. The monoisotopic (exact) mass is 1410 g/mol. The van der Waals surface area contributed by atoms with Gasteiger partial charge in [0.05, 0.1) is 26.4 Å². The predicted octanol–water partition coefficient (Wildman–Crippen LogP) is 21.1. The lowest BCUT2D eigenvalue weighted by molar-refractivity contribution is 0.0270. The molecule has 0 spiro atoms. The van der Waals surface area contributed by atoms with Crippen LogP contribution in [0.15, 0.2) is 97.1 Å². The van der Waals surface area contributed by atoms with E-state index in [1.807, 2.05) is 0 Å². The maximum atomic E-state index is 13.1. The fraction of sp³-hybridized carbons (Fsp3) is 0.489. The standard InChI is InChI=1S/C94H122O10/c1-87(2,3)71-39-55-31-59-43-73(89(7,8)9)47-63(81(59)97)35-67-51-77(93(19,20)21)53-69-37-65-49-75(91(13,14)15)45-61(83(65)99)33-57-41-72(88(4,5)6)42-58(80(57)96)34-62-46-76(92(16,17)18)50-66(84(62)100)38-70-54-78(94(22,23)24)52-68(86(70)104-30-28-102-26-25-101-27-29-103-85(67)69)36-64-48-74(90(10,11)12)44-60(82(64)98)32-56(40-71)79(55)95/h39-54,95-100H,25-38H2,1-24H3. The quantitative estimate of drug-likeness (QED) is 0.0808. The van der Waals surface area contributed by atoms with E-state index in [0.717, 1.165) is 66.8 Å². The summed E-state index contributed by atoms with van der Waals surface area (Å²) in [6.45, 7) is 53.9. The van der Waals surface area contributed by atoms with E-state index < -0.39 is 0 Å². The number of fused-ring (bicyclic) bond motifs is 21. The molecule has 2 aliphatic rings. The minimum Gasteiger partial charge on any atom is -0.507 e. The molecule has 558 valence electrons. The maximum absolute atomic E-state index is 13.1. The summed E-state index contributed by atoms with van der Waals surface area (Å²) in [5.74, 6) is 1.99.